The van der Waals surface area contributed by atoms with Crippen molar-refractivity contribution in [2.45, 2.75) is 26.3 Å². The van der Waals surface area contributed by atoms with Crippen molar-refractivity contribution in [2.24, 2.45) is 5.92 Å². The fourth-order valence-corrected chi connectivity index (χ4v) is 2.92. The minimum atomic E-state index is 0.491. The predicted octanol–water partition coefficient (Wildman–Crippen LogP) is 3.08. The van der Waals surface area contributed by atoms with E-state index in [2.05, 4.69) is 45.2 Å². The zero-order valence-electron chi connectivity index (χ0n) is 13.1. The van der Waals surface area contributed by atoms with Gasteiger partial charge in [-0.25, -0.2) is 9.97 Å². The van der Waals surface area contributed by atoms with Crippen LogP contribution in [0.1, 0.15) is 24.0 Å². The van der Waals surface area contributed by atoms with E-state index in [4.69, 9.17) is 4.74 Å². The van der Waals surface area contributed by atoms with Crippen LogP contribution in [0.5, 0.6) is 6.01 Å². The molecule has 1 saturated heterocycles. The SMILES string of the molecule is Cc1cnc(OCC2CCCN(Cc3ccccc3)C2)nc1. The topological polar surface area (TPSA) is 38.2 Å². The summed E-state index contributed by atoms with van der Waals surface area (Å²) in [4.78, 5) is 10.9. The molecule has 0 bridgehead atoms. The summed E-state index contributed by atoms with van der Waals surface area (Å²) < 4.78 is 5.75. The number of benzene rings is 1. The van der Waals surface area contributed by atoms with Crippen molar-refractivity contribution in [1.29, 1.82) is 0 Å². The van der Waals surface area contributed by atoms with Gasteiger partial charge in [0.2, 0.25) is 0 Å². The Balaban J connectivity index is 1.49. The van der Waals surface area contributed by atoms with Gasteiger partial charge in [-0.05, 0) is 37.4 Å². The quantitative estimate of drug-likeness (QED) is 0.850. The number of hydrogen-bond donors (Lipinski definition) is 0. The van der Waals surface area contributed by atoms with Crippen LogP contribution in [0.2, 0.25) is 0 Å². The second-order valence-electron chi connectivity index (χ2n) is 6.08. The number of aromatic nitrogens is 2. The highest BCUT2D eigenvalue weighted by atomic mass is 16.5. The maximum atomic E-state index is 5.75. The first-order valence-electron chi connectivity index (χ1n) is 7.97. The molecule has 0 N–H and O–H groups in total. The van der Waals surface area contributed by atoms with Crippen LogP contribution in [0.15, 0.2) is 42.7 Å². The normalized spacial score (nSPS) is 19.0. The van der Waals surface area contributed by atoms with Crippen LogP contribution in [-0.2, 0) is 6.54 Å². The summed E-state index contributed by atoms with van der Waals surface area (Å²) >= 11 is 0. The molecule has 2 heterocycles. The van der Waals surface area contributed by atoms with E-state index in [9.17, 15) is 0 Å². The molecule has 4 nitrogen and oxygen atoms in total. The van der Waals surface area contributed by atoms with E-state index >= 15 is 0 Å². The molecule has 1 fully saturated rings. The molecule has 1 aromatic heterocycles. The average molecular weight is 297 g/mol. The second-order valence-corrected chi connectivity index (χ2v) is 6.08. The summed E-state index contributed by atoms with van der Waals surface area (Å²) in [5.74, 6) is 0.558. The first kappa shape index (κ1) is 15.0. The smallest absolute Gasteiger partial charge is 0.316 e. The number of rotatable bonds is 5. The summed E-state index contributed by atoms with van der Waals surface area (Å²) in [6.07, 6.45) is 6.04. The molecule has 1 atom stereocenters. The molecule has 1 aliphatic rings. The second kappa shape index (κ2) is 7.36. The van der Waals surface area contributed by atoms with Gasteiger partial charge in [-0.15, -0.1) is 0 Å². The predicted molar refractivity (Wildman–Crippen MR) is 86.7 cm³/mol. The third-order valence-electron chi connectivity index (χ3n) is 4.06. The van der Waals surface area contributed by atoms with Crippen molar-refractivity contribution in [1.82, 2.24) is 14.9 Å². The van der Waals surface area contributed by atoms with E-state index in [1.807, 2.05) is 6.92 Å². The van der Waals surface area contributed by atoms with Crippen LogP contribution in [0, 0.1) is 12.8 Å². The lowest BCUT2D eigenvalue weighted by atomic mass is 9.98. The Morgan fingerprint density at radius 2 is 1.95 bits per heavy atom. The van der Waals surface area contributed by atoms with Crippen molar-refractivity contribution in [3.05, 3.63) is 53.9 Å². The molecule has 0 radical (unpaired) electrons. The molecule has 0 saturated carbocycles. The van der Waals surface area contributed by atoms with Crippen molar-refractivity contribution in [3.8, 4) is 6.01 Å². The molecule has 0 amide bonds. The van der Waals surface area contributed by atoms with E-state index < -0.39 is 0 Å². The highest BCUT2D eigenvalue weighted by molar-refractivity contribution is 5.14. The molecule has 3 rings (SSSR count). The molecule has 1 aliphatic heterocycles. The Morgan fingerprint density at radius 3 is 2.73 bits per heavy atom. The number of aryl methyl sites for hydroxylation is 1. The van der Waals surface area contributed by atoms with Crippen molar-refractivity contribution in [3.63, 3.8) is 0 Å². The first-order chi connectivity index (χ1) is 10.8. The lowest BCUT2D eigenvalue weighted by molar-refractivity contribution is 0.120. The number of ether oxygens (including phenoxy) is 1. The fraction of sp³-hybridized carbons (Fsp3) is 0.444. The third-order valence-corrected chi connectivity index (χ3v) is 4.06. The molecule has 116 valence electrons. The monoisotopic (exact) mass is 297 g/mol. The van der Waals surface area contributed by atoms with Crippen LogP contribution < -0.4 is 4.74 Å². The highest BCUT2D eigenvalue weighted by Gasteiger charge is 2.20. The van der Waals surface area contributed by atoms with Gasteiger partial charge in [-0.3, -0.25) is 4.90 Å². The van der Waals surface area contributed by atoms with E-state index in [1.54, 1.807) is 12.4 Å². The summed E-state index contributed by atoms with van der Waals surface area (Å²) in [5.41, 5.74) is 2.44. The van der Waals surface area contributed by atoms with E-state index in [1.165, 1.54) is 24.9 Å². The summed E-state index contributed by atoms with van der Waals surface area (Å²) in [7, 11) is 0. The van der Waals surface area contributed by atoms with Gasteiger partial charge in [0.05, 0.1) is 6.61 Å². The molecule has 2 aromatic rings. The lowest BCUT2D eigenvalue weighted by Crippen LogP contribution is -2.37. The first-order valence-corrected chi connectivity index (χ1v) is 7.97. The summed E-state index contributed by atoms with van der Waals surface area (Å²) in [5, 5.41) is 0. The summed E-state index contributed by atoms with van der Waals surface area (Å²) in [6, 6.07) is 11.2. The number of hydrogen-bond acceptors (Lipinski definition) is 4. The van der Waals surface area contributed by atoms with Crippen LogP contribution in [0.4, 0.5) is 0 Å². The summed E-state index contributed by atoms with van der Waals surface area (Å²) in [6.45, 7) is 5.96. The van der Waals surface area contributed by atoms with Gasteiger partial charge < -0.3 is 4.74 Å². The number of nitrogens with zero attached hydrogens (tertiary/aromatic N) is 3. The zero-order chi connectivity index (χ0) is 15.2. The maximum Gasteiger partial charge on any atom is 0.316 e. The lowest BCUT2D eigenvalue weighted by Gasteiger charge is -2.32. The van der Waals surface area contributed by atoms with Gasteiger partial charge in [-0.2, -0.15) is 0 Å². The highest BCUT2D eigenvalue weighted by Crippen LogP contribution is 2.19. The van der Waals surface area contributed by atoms with Crippen LogP contribution >= 0.6 is 0 Å². The van der Waals surface area contributed by atoms with Gasteiger partial charge in [0.15, 0.2) is 0 Å². The third kappa shape index (κ3) is 4.28. The maximum absolute atomic E-state index is 5.75. The largest absolute Gasteiger partial charge is 0.463 e. The van der Waals surface area contributed by atoms with Crippen molar-refractivity contribution in [2.75, 3.05) is 19.7 Å². The van der Waals surface area contributed by atoms with Crippen LogP contribution in [0.3, 0.4) is 0 Å². The Bertz CT molecular complexity index is 571. The number of likely N-dealkylation sites (tertiary alicyclic amines) is 1. The molecular weight excluding hydrogens is 274 g/mol. The van der Waals surface area contributed by atoms with Crippen molar-refractivity contribution < 1.29 is 4.74 Å². The van der Waals surface area contributed by atoms with Crippen LogP contribution in [0.25, 0.3) is 0 Å². The Morgan fingerprint density at radius 1 is 1.18 bits per heavy atom. The van der Waals surface area contributed by atoms with Gasteiger partial charge in [0, 0.05) is 31.4 Å². The van der Waals surface area contributed by atoms with E-state index in [-0.39, 0.29) is 0 Å². The molecule has 0 aliphatic carbocycles. The average Bonchev–Trinajstić information content (AvgIpc) is 2.56. The van der Waals surface area contributed by atoms with E-state index in [0.29, 0.717) is 18.5 Å². The Hall–Kier alpha value is -1.94. The van der Waals surface area contributed by atoms with Gasteiger partial charge in [0.1, 0.15) is 0 Å². The molecule has 22 heavy (non-hydrogen) atoms. The molecule has 0 spiro atoms. The molecule has 1 unspecified atom stereocenters. The minimum absolute atomic E-state index is 0.491. The van der Waals surface area contributed by atoms with Gasteiger partial charge >= 0.3 is 6.01 Å². The standard InChI is InChI=1S/C18H23N3O/c1-15-10-19-18(20-11-15)22-14-17-8-5-9-21(13-17)12-16-6-3-2-4-7-16/h2-4,6-7,10-11,17H,5,8-9,12-14H2,1H3. The number of piperidine rings is 1. The Kier molecular flexibility index (Phi) is 5.01. The molecule has 4 heteroatoms. The fourth-order valence-electron chi connectivity index (χ4n) is 2.92. The minimum Gasteiger partial charge on any atom is -0.463 e. The molecular formula is C18H23N3O. The Labute approximate surface area is 132 Å². The zero-order valence-corrected chi connectivity index (χ0v) is 13.1. The van der Waals surface area contributed by atoms with Crippen LogP contribution in [-0.4, -0.2) is 34.6 Å². The molecule has 1 aromatic carbocycles. The van der Waals surface area contributed by atoms with Gasteiger partial charge in [0.25, 0.3) is 0 Å². The van der Waals surface area contributed by atoms with Gasteiger partial charge in [-0.1, -0.05) is 30.3 Å². The van der Waals surface area contributed by atoms with E-state index in [0.717, 1.165) is 18.7 Å². The van der Waals surface area contributed by atoms with Crippen molar-refractivity contribution >= 4 is 0 Å².